The second-order valence-electron chi connectivity index (χ2n) is 11.4. The van der Waals surface area contributed by atoms with E-state index in [2.05, 4.69) is 0 Å². The first-order chi connectivity index (χ1) is 19.0. The Morgan fingerprint density at radius 1 is 1.12 bits per heavy atom. The minimum Gasteiger partial charge on any atom is -0.506 e. The number of nitrogens with zero attached hydrogens (tertiary/aromatic N) is 2. The Morgan fingerprint density at radius 2 is 1.78 bits per heavy atom. The summed E-state index contributed by atoms with van der Waals surface area (Å²) in [6, 6.07) is 1.00. The topological polar surface area (TPSA) is 169 Å². The van der Waals surface area contributed by atoms with E-state index in [-0.39, 0.29) is 23.9 Å². The van der Waals surface area contributed by atoms with Gasteiger partial charge in [0.05, 0.1) is 12.6 Å². The third kappa shape index (κ3) is 7.28. The van der Waals surface area contributed by atoms with Gasteiger partial charge in [0.15, 0.2) is 5.82 Å². The number of phenols is 1. The Bertz CT molecular complexity index is 1310. The number of aromatic hydroxyl groups is 1. The summed E-state index contributed by atoms with van der Waals surface area (Å²) in [6.07, 6.45) is 0.942. The van der Waals surface area contributed by atoms with E-state index in [1.54, 1.807) is 38.5 Å². The van der Waals surface area contributed by atoms with Crippen LogP contribution in [0.3, 0.4) is 0 Å². The van der Waals surface area contributed by atoms with Crippen LogP contribution in [0.15, 0.2) is 18.2 Å². The minimum absolute atomic E-state index is 0.0491. The van der Waals surface area contributed by atoms with Crippen molar-refractivity contribution in [3.05, 3.63) is 29.6 Å². The average Bonchev–Trinajstić information content (AvgIpc) is 3.40. The highest BCUT2D eigenvalue weighted by Crippen LogP contribution is 2.39. The first kappa shape index (κ1) is 32.1. The Labute approximate surface area is 239 Å². The zero-order valence-electron chi connectivity index (χ0n) is 24.1. The molecule has 0 bridgehead atoms. The summed E-state index contributed by atoms with van der Waals surface area (Å²) in [4.78, 5) is 39.0. The molecular weight excluding hydrogens is 559 g/mol. The second-order valence-corrected chi connectivity index (χ2v) is 13.0. The van der Waals surface area contributed by atoms with Crippen LogP contribution < -0.4 is 14.8 Å². The first-order valence-electron chi connectivity index (χ1n) is 13.5. The Hall–Kier alpha value is -3.39. The molecule has 0 spiro atoms. The summed E-state index contributed by atoms with van der Waals surface area (Å²) in [7, 11) is -4.39. The summed E-state index contributed by atoms with van der Waals surface area (Å²) in [5.74, 6) is -3.58. The van der Waals surface area contributed by atoms with Crippen LogP contribution in [0.2, 0.25) is 0 Å². The molecule has 2 aliphatic heterocycles. The van der Waals surface area contributed by atoms with Gasteiger partial charge < -0.3 is 20.3 Å². The second kappa shape index (κ2) is 12.6. The van der Waals surface area contributed by atoms with E-state index in [0.717, 1.165) is 12.5 Å². The number of ether oxygens (including phenoxy) is 2. The van der Waals surface area contributed by atoms with Crippen LogP contribution in [0, 0.1) is 23.6 Å². The van der Waals surface area contributed by atoms with Crippen molar-refractivity contribution in [2.75, 3.05) is 17.4 Å². The third-order valence-corrected chi connectivity index (χ3v) is 8.28. The number of amides is 2. The van der Waals surface area contributed by atoms with E-state index in [1.807, 2.05) is 13.8 Å². The zero-order valence-corrected chi connectivity index (χ0v) is 24.9. The predicted molar refractivity (Wildman–Crippen MR) is 149 cm³/mol. The van der Waals surface area contributed by atoms with Crippen LogP contribution in [-0.2, 0) is 29.3 Å². The van der Waals surface area contributed by atoms with Gasteiger partial charge in [-0.25, -0.2) is 18.2 Å². The van der Waals surface area contributed by atoms with Gasteiger partial charge >= 0.3 is 22.3 Å². The number of halogens is 1. The number of phenolic OH excluding ortho intramolecular Hbond substituents is 1. The molecule has 0 saturated carbocycles. The molecule has 12 nitrogen and oxygen atoms in total. The molecule has 14 heteroatoms. The van der Waals surface area contributed by atoms with Crippen molar-refractivity contribution >= 4 is 39.4 Å². The van der Waals surface area contributed by atoms with Gasteiger partial charge in [-0.3, -0.25) is 14.5 Å². The summed E-state index contributed by atoms with van der Waals surface area (Å²) < 4.78 is 53.8. The lowest BCUT2D eigenvalue weighted by molar-refractivity contribution is -0.179. The highest BCUT2D eigenvalue weighted by molar-refractivity contribution is 7.92. The number of hydrogen-bond donors (Lipinski definition) is 3. The molecule has 0 radical (unpaired) electrons. The maximum absolute atomic E-state index is 15.8. The van der Waals surface area contributed by atoms with Crippen LogP contribution in [0.4, 0.5) is 14.9 Å². The average molecular weight is 599 g/mol. The number of nitrogens with one attached hydrogen (secondary N) is 1. The maximum atomic E-state index is 15.8. The molecule has 0 aliphatic carbocycles. The fraction of sp³-hybridized carbons (Fsp3) is 0.593. The van der Waals surface area contributed by atoms with Gasteiger partial charge in [-0.05, 0) is 42.4 Å². The minimum atomic E-state index is -4.39. The lowest BCUT2D eigenvalue weighted by Crippen LogP contribution is -2.44. The van der Waals surface area contributed by atoms with E-state index in [0.29, 0.717) is 22.2 Å². The van der Waals surface area contributed by atoms with Crippen molar-refractivity contribution in [2.24, 2.45) is 23.5 Å². The SMILES string of the molecule is CC(C)CC[C@H]1C=C(c2ccc(O)c(N3CC(=O)NS3(=O)=O)c2F)CN1C(=O)OC(OC(=O)[C@@H](N)C(C)C)C(C)C. The Balaban J connectivity index is 1.91. The van der Waals surface area contributed by atoms with Gasteiger partial charge in [-0.2, -0.15) is 8.42 Å². The molecule has 0 aromatic heterocycles. The first-order valence-corrected chi connectivity index (χ1v) is 15.0. The number of esters is 1. The molecule has 3 atom stereocenters. The fourth-order valence-corrected chi connectivity index (χ4v) is 5.57. The number of benzene rings is 1. The third-order valence-electron chi connectivity index (χ3n) is 6.90. The molecule has 2 amide bonds. The van der Waals surface area contributed by atoms with Gasteiger partial charge in [-0.15, -0.1) is 0 Å². The van der Waals surface area contributed by atoms with Crippen LogP contribution >= 0.6 is 0 Å². The molecule has 4 N–H and O–H groups in total. The largest absolute Gasteiger partial charge is 0.506 e. The van der Waals surface area contributed by atoms with Gasteiger partial charge in [0.25, 0.3) is 12.2 Å². The van der Waals surface area contributed by atoms with Crippen molar-refractivity contribution in [1.29, 1.82) is 0 Å². The highest BCUT2D eigenvalue weighted by Gasteiger charge is 2.40. The molecular formula is C27H39FN4O8S. The molecule has 228 valence electrons. The van der Waals surface area contributed by atoms with Gasteiger partial charge in [-0.1, -0.05) is 47.6 Å². The number of carbonyl (C=O) groups excluding carboxylic acids is 3. The number of carbonyl (C=O) groups is 3. The smallest absolute Gasteiger partial charge is 0.413 e. The van der Waals surface area contributed by atoms with Crippen molar-refractivity contribution in [3.63, 3.8) is 0 Å². The molecule has 2 aliphatic rings. The van der Waals surface area contributed by atoms with Crippen LogP contribution in [0.25, 0.3) is 5.57 Å². The van der Waals surface area contributed by atoms with Crippen LogP contribution in [-0.4, -0.2) is 67.9 Å². The van der Waals surface area contributed by atoms with Crippen LogP contribution in [0.1, 0.15) is 59.9 Å². The quantitative estimate of drug-likeness (QED) is 0.271. The summed E-state index contributed by atoms with van der Waals surface area (Å²) in [5.41, 5.74) is 5.52. The van der Waals surface area contributed by atoms with Crippen LogP contribution in [0.5, 0.6) is 5.75 Å². The van der Waals surface area contributed by atoms with Crippen molar-refractivity contribution in [1.82, 2.24) is 9.62 Å². The fourth-order valence-electron chi connectivity index (χ4n) is 4.41. The van der Waals surface area contributed by atoms with Crippen molar-refractivity contribution in [2.45, 2.75) is 72.8 Å². The highest BCUT2D eigenvalue weighted by atomic mass is 32.2. The molecule has 1 saturated heterocycles. The van der Waals surface area contributed by atoms with Gasteiger partial charge in [0.2, 0.25) is 0 Å². The number of nitrogens with two attached hydrogens (primary N) is 1. The summed E-state index contributed by atoms with van der Waals surface area (Å²) in [5, 5.41) is 10.3. The summed E-state index contributed by atoms with van der Waals surface area (Å²) >= 11 is 0. The lowest BCUT2D eigenvalue weighted by atomic mass is 10.0. The van der Waals surface area contributed by atoms with E-state index in [1.165, 1.54) is 11.0 Å². The van der Waals surface area contributed by atoms with Gasteiger partial charge in [0.1, 0.15) is 24.0 Å². The molecule has 1 aromatic rings. The Kier molecular flexibility index (Phi) is 9.90. The van der Waals surface area contributed by atoms with Crippen molar-refractivity contribution < 1.29 is 41.8 Å². The number of anilines is 1. The van der Waals surface area contributed by atoms with E-state index >= 15 is 4.39 Å². The Morgan fingerprint density at radius 3 is 2.32 bits per heavy atom. The normalized spacial score (nSPS) is 19.9. The molecule has 1 aromatic carbocycles. The number of hydrogen-bond acceptors (Lipinski definition) is 9. The molecule has 2 heterocycles. The standard InChI is InChI=1S/C27H39FN4O8S/c1-14(2)7-8-18-11-17(12-31(18)27(36)40-26(16(5)6)39-25(35)23(29)15(3)4)19-9-10-20(33)24(22(19)28)32-13-21(34)30-41(32,37)38/h9-11,14-16,18,23,26,33H,7-8,12-13,29H2,1-6H3,(H,30,34)/t18-,23-,26?/m0/s1. The van der Waals surface area contributed by atoms with E-state index in [4.69, 9.17) is 15.2 Å². The molecule has 41 heavy (non-hydrogen) atoms. The maximum Gasteiger partial charge on any atom is 0.413 e. The van der Waals surface area contributed by atoms with Crippen molar-refractivity contribution in [3.8, 4) is 5.75 Å². The van der Waals surface area contributed by atoms with E-state index in [9.17, 15) is 27.9 Å². The monoisotopic (exact) mass is 598 g/mol. The molecule has 1 unspecified atom stereocenters. The number of rotatable bonds is 10. The predicted octanol–water partition coefficient (Wildman–Crippen LogP) is 2.86. The zero-order chi connectivity index (χ0) is 30.8. The molecule has 3 rings (SSSR count). The summed E-state index contributed by atoms with van der Waals surface area (Å²) in [6.45, 7) is 10.2. The van der Waals surface area contributed by atoms with Gasteiger partial charge in [0, 0.05) is 11.5 Å². The lowest BCUT2D eigenvalue weighted by Gasteiger charge is -2.29. The van der Waals surface area contributed by atoms with E-state index < -0.39 is 70.4 Å². The molecule has 1 fully saturated rings.